The molecule has 1 fully saturated rings. The number of aromatic nitrogens is 3. The van der Waals surface area contributed by atoms with Crippen molar-refractivity contribution in [1.29, 1.82) is 0 Å². The van der Waals surface area contributed by atoms with E-state index >= 15 is 0 Å². The molecule has 0 spiro atoms. The minimum Gasteiger partial charge on any atom is -0.342 e. The number of likely N-dealkylation sites (N-methyl/N-ethyl adjacent to an activating group) is 1. The Morgan fingerprint density at radius 2 is 2.53 bits per heavy atom. The second kappa shape index (κ2) is 5.27. The van der Waals surface area contributed by atoms with E-state index in [-0.39, 0.29) is 11.9 Å². The number of hydrogen-bond acceptors (Lipinski definition) is 4. The van der Waals surface area contributed by atoms with Crippen molar-refractivity contribution in [3.05, 3.63) is 12.7 Å². The summed E-state index contributed by atoms with van der Waals surface area (Å²) in [4.78, 5) is 17.8. The lowest BCUT2D eigenvalue weighted by atomic mass is 10.2. The number of rotatable bonds is 4. The maximum absolute atomic E-state index is 12.1. The summed E-state index contributed by atoms with van der Waals surface area (Å²) in [6.45, 7) is 3.67. The molecule has 0 radical (unpaired) electrons. The summed E-state index contributed by atoms with van der Waals surface area (Å²) in [5.41, 5.74) is 0. The van der Waals surface area contributed by atoms with Crippen molar-refractivity contribution in [1.82, 2.24) is 25.0 Å². The second-order valence-corrected chi connectivity index (χ2v) is 4.56. The lowest BCUT2D eigenvalue weighted by molar-refractivity contribution is -0.133. The quantitative estimate of drug-likeness (QED) is 0.803. The van der Waals surface area contributed by atoms with E-state index in [1.54, 1.807) is 15.9 Å². The molecule has 0 bridgehead atoms. The molecule has 6 nitrogen and oxygen atoms in total. The van der Waals surface area contributed by atoms with Crippen LogP contribution in [0.4, 0.5) is 0 Å². The summed E-state index contributed by atoms with van der Waals surface area (Å²) < 4.78 is 1.58. The van der Waals surface area contributed by atoms with Crippen molar-refractivity contribution in [2.45, 2.75) is 31.8 Å². The van der Waals surface area contributed by atoms with Crippen molar-refractivity contribution in [3.63, 3.8) is 0 Å². The van der Waals surface area contributed by atoms with Crippen LogP contribution in [0, 0.1) is 0 Å². The zero-order chi connectivity index (χ0) is 12.3. The molecule has 2 unspecified atom stereocenters. The molecule has 2 heterocycles. The molecular weight excluding hydrogens is 218 g/mol. The van der Waals surface area contributed by atoms with Gasteiger partial charge in [-0.25, -0.2) is 9.67 Å². The highest BCUT2D eigenvalue weighted by Gasteiger charge is 2.23. The smallest absolute Gasteiger partial charge is 0.247 e. The number of nitrogens with zero attached hydrogens (tertiary/aromatic N) is 4. The van der Waals surface area contributed by atoms with E-state index < -0.39 is 0 Å². The Morgan fingerprint density at radius 3 is 3.12 bits per heavy atom. The van der Waals surface area contributed by atoms with Crippen molar-refractivity contribution < 1.29 is 4.79 Å². The van der Waals surface area contributed by atoms with Crippen molar-refractivity contribution in [3.8, 4) is 0 Å². The molecule has 94 valence electrons. The number of nitrogens with one attached hydrogen (secondary N) is 1. The Hall–Kier alpha value is -1.43. The minimum absolute atomic E-state index is 0.0733. The first-order valence-corrected chi connectivity index (χ1v) is 6.01. The normalized spacial score (nSPS) is 21.4. The Kier molecular flexibility index (Phi) is 3.73. The van der Waals surface area contributed by atoms with Crippen LogP contribution in [-0.4, -0.2) is 51.8 Å². The van der Waals surface area contributed by atoms with Crippen LogP contribution in [0.15, 0.2) is 12.7 Å². The van der Waals surface area contributed by atoms with Gasteiger partial charge in [0.15, 0.2) is 0 Å². The first kappa shape index (κ1) is 12.0. The molecule has 1 saturated heterocycles. The third kappa shape index (κ3) is 2.82. The topological polar surface area (TPSA) is 63.1 Å². The molecule has 6 heteroatoms. The Balaban J connectivity index is 1.90. The molecule has 1 N–H and O–H groups in total. The number of carbonyl (C=O) groups excluding carboxylic acids is 1. The van der Waals surface area contributed by atoms with E-state index in [0.717, 1.165) is 19.5 Å². The molecule has 2 rings (SSSR count). The van der Waals surface area contributed by atoms with Crippen LogP contribution in [0.2, 0.25) is 0 Å². The first-order valence-electron chi connectivity index (χ1n) is 6.01. The summed E-state index contributed by atoms with van der Waals surface area (Å²) in [6.07, 6.45) is 5.37. The van der Waals surface area contributed by atoms with E-state index in [9.17, 15) is 4.79 Å². The molecule has 1 aromatic heterocycles. The zero-order valence-corrected chi connectivity index (χ0v) is 10.3. The van der Waals surface area contributed by atoms with Gasteiger partial charge in [-0.2, -0.15) is 5.10 Å². The lowest BCUT2D eigenvalue weighted by Gasteiger charge is -2.24. The summed E-state index contributed by atoms with van der Waals surface area (Å²) in [5.74, 6) is 0.0733. The van der Waals surface area contributed by atoms with Crippen LogP contribution >= 0.6 is 0 Å². The van der Waals surface area contributed by atoms with E-state index in [1.807, 2.05) is 14.0 Å². The monoisotopic (exact) mass is 237 g/mol. The molecule has 0 saturated carbocycles. The summed E-state index contributed by atoms with van der Waals surface area (Å²) in [6, 6.07) is 0.149. The Labute approximate surface area is 101 Å². The first-order chi connectivity index (χ1) is 8.18. The van der Waals surface area contributed by atoms with Crippen molar-refractivity contribution in [2.75, 3.05) is 20.1 Å². The molecule has 0 aliphatic carbocycles. The molecule has 1 aliphatic rings. The molecular formula is C11H19N5O. The lowest BCUT2D eigenvalue weighted by Crippen LogP contribution is -2.41. The van der Waals surface area contributed by atoms with Crippen LogP contribution in [0.5, 0.6) is 0 Å². The molecule has 1 aliphatic heterocycles. The minimum atomic E-state index is -0.288. The predicted octanol–water partition coefficient (Wildman–Crippen LogP) is 0.0495. The van der Waals surface area contributed by atoms with Gasteiger partial charge in [-0.15, -0.1) is 0 Å². The SMILES string of the molecule is CC(C(=O)N(C)CC1CCCN1)n1cncn1. The Bertz CT molecular complexity index is 358. The molecule has 17 heavy (non-hydrogen) atoms. The second-order valence-electron chi connectivity index (χ2n) is 4.56. The van der Waals surface area contributed by atoms with Gasteiger partial charge in [-0.3, -0.25) is 4.79 Å². The van der Waals surface area contributed by atoms with Crippen LogP contribution in [0.25, 0.3) is 0 Å². The number of carbonyl (C=O) groups is 1. The molecule has 1 amide bonds. The third-order valence-electron chi connectivity index (χ3n) is 3.22. The highest BCUT2D eigenvalue weighted by atomic mass is 16.2. The summed E-state index contributed by atoms with van der Waals surface area (Å²) in [7, 11) is 1.84. The zero-order valence-electron chi connectivity index (χ0n) is 10.3. The number of hydrogen-bond donors (Lipinski definition) is 1. The van der Waals surface area contributed by atoms with Gasteiger partial charge in [0.1, 0.15) is 18.7 Å². The fraction of sp³-hybridized carbons (Fsp3) is 0.727. The van der Waals surface area contributed by atoms with Crippen LogP contribution < -0.4 is 5.32 Å². The van der Waals surface area contributed by atoms with Gasteiger partial charge >= 0.3 is 0 Å². The average molecular weight is 237 g/mol. The number of amides is 1. The van der Waals surface area contributed by atoms with Gasteiger partial charge in [-0.1, -0.05) is 0 Å². The van der Waals surface area contributed by atoms with Gasteiger partial charge in [0, 0.05) is 19.6 Å². The predicted molar refractivity (Wildman–Crippen MR) is 63.4 cm³/mol. The van der Waals surface area contributed by atoms with Crippen molar-refractivity contribution >= 4 is 5.91 Å². The van der Waals surface area contributed by atoms with Gasteiger partial charge in [0.2, 0.25) is 5.91 Å². The highest BCUT2D eigenvalue weighted by molar-refractivity contribution is 5.79. The average Bonchev–Trinajstić information content (AvgIpc) is 2.99. The molecule has 1 aromatic rings. The fourth-order valence-corrected chi connectivity index (χ4v) is 2.18. The van der Waals surface area contributed by atoms with Gasteiger partial charge in [0.05, 0.1) is 0 Å². The van der Waals surface area contributed by atoms with Gasteiger partial charge < -0.3 is 10.2 Å². The molecule has 0 aromatic carbocycles. The van der Waals surface area contributed by atoms with E-state index in [2.05, 4.69) is 15.4 Å². The summed E-state index contributed by atoms with van der Waals surface area (Å²) in [5, 5.41) is 7.38. The maximum atomic E-state index is 12.1. The van der Waals surface area contributed by atoms with Crippen LogP contribution in [0.1, 0.15) is 25.8 Å². The van der Waals surface area contributed by atoms with Crippen LogP contribution in [-0.2, 0) is 4.79 Å². The van der Waals surface area contributed by atoms with E-state index in [4.69, 9.17) is 0 Å². The van der Waals surface area contributed by atoms with Gasteiger partial charge in [-0.05, 0) is 26.3 Å². The standard InChI is InChI=1S/C11H19N5O/c1-9(16-8-12-7-14-16)11(17)15(2)6-10-4-3-5-13-10/h7-10,13H,3-6H2,1-2H3. The maximum Gasteiger partial charge on any atom is 0.247 e. The van der Waals surface area contributed by atoms with E-state index in [1.165, 1.54) is 12.7 Å². The van der Waals surface area contributed by atoms with E-state index in [0.29, 0.717) is 6.04 Å². The largest absolute Gasteiger partial charge is 0.342 e. The van der Waals surface area contributed by atoms with Crippen LogP contribution in [0.3, 0.4) is 0 Å². The third-order valence-corrected chi connectivity index (χ3v) is 3.22. The summed E-state index contributed by atoms with van der Waals surface area (Å²) >= 11 is 0. The fourth-order valence-electron chi connectivity index (χ4n) is 2.18. The highest BCUT2D eigenvalue weighted by Crippen LogP contribution is 2.10. The van der Waals surface area contributed by atoms with Crippen molar-refractivity contribution in [2.24, 2.45) is 0 Å². The van der Waals surface area contributed by atoms with Gasteiger partial charge in [0.25, 0.3) is 0 Å². The Morgan fingerprint density at radius 1 is 1.71 bits per heavy atom. The molecule has 2 atom stereocenters.